The van der Waals surface area contributed by atoms with E-state index < -0.39 is 0 Å². The van der Waals surface area contributed by atoms with Crippen LogP contribution in [0.3, 0.4) is 0 Å². The topological polar surface area (TPSA) is 75.9 Å². The molecule has 2 heterocycles. The number of carbonyl (C=O) groups is 2. The largest absolute Gasteiger partial charge is 0.364 e. The first-order valence-electron chi connectivity index (χ1n) is 7.62. The monoisotopic (exact) mass is 281 g/mol. The van der Waals surface area contributed by atoms with E-state index in [-0.39, 0.29) is 29.9 Å². The van der Waals surface area contributed by atoms with Gasteiger partial charge in [0.1, 0.15) is 6.10 Å². The average molecular weight is 281 g/mol. The van der Waals surface area contributed by atoms with Crippen LogP contribution in [0.2, 0.25) is 0 Å². The zero-order valence-electron chi connectivity index (χ0n) is 11.8. The van der Waals surface area contributed by atoms with Crippen molar-refractivity contribution in [2.45, 2.75) is 37.9 Å². The lowest BCUT2D eigenvalue weighted by molar-refractivity contribution is -0.147. The third kappa shape index (κ3) is 2.81. The van der Waals surface area contributed by atoms with Gasteiger partial charge in [0.25, 0.3) is 5.91 Å². The van der Waals surface area contributed by atoms with Crippen LogP contribution in [0.4, 0.5) is 0 Å². The zero-order chi connectivity index (χ0) is 14.1. The van der Waals surface area contributed by atoms with Gasteiger partial charge in [-0.05, 0) is 25.7 Å². The summed E-state index contributed by atoms with van der Waals surface area (Å²) < 4.78 is 5.65. The molecule has 6 heteroatoms. The summed E-state index contributed by atoms with van der Waals surface area (Å²) in [6.45, 7) is 3.06. The van der Waals surface area contributed by atoms with Crippen molar-refractivity contribution in [3.05, 3.63) is 0 Å². The molecule has 2 N–H and O–H groups in total. The lowest BCUT2D eigenvalue weighted by atomic mass is 10.1. The third-order valence-corrected chi connectivity index (χ3v) is 4.48. The molecule has 0 spiro atoms. The summed E-state index contributed by atoms with van der Waals surface area (Å²) in [4.78, 5) is 28.0. The van der Waals surface area contributed by atoms with Gasteiger partial charge in [0, 0.05) is 38.6 Å². The fraction of sp³-hybridized carbons (Fsp3) is 0.857. The van der Waals surface area contributed by atoms with Crippen molar-refractivity contribution in [1.82, 2.24) is 9.80 Å². The number of amides is 2. The van der Waals surface area contributed by atoms with E-state index >= 15 is 0 Å². The molecule has 1 saturated carbocycles. The van der Waals surface area contributed by atoms with Crippen molar-refractivity contribution in [1.29, 1.82) is 0 Å². The Hall–Kier alpha value is -1.14. The van der Waals surface area contributed by atoms with E-state index in [2.05, 4.69) is 0 Å². The molecule has 6 nitrogen and oxygen atoms in total. The zero-order valence-corrected chi connectivity index (χ0v) is 11.8. The van der Waals surface area contributed by atoms with Gasteiger partial charge in [-0.3, -0.25) is 9.59 Å². The van der Waals surface area contributed by atoms with E-state index in [1.54, 1.807) is 0 Å². The number of piperazine rings is 1. The number of nitrogens with two attached hydrogens (primary N) is 1. The summed E-state index contributed by atoms with van der Waals surface area (Å²) in [6.07, 6.45) is 3.41. The molecule has 2 atom stereocenters. The number of nitrogens with zero attached hydrogens (tertiary/aromatic N) is 2. The minimum Gasteiger partial charge on any atom is -0.364 e. The molecule has 3 rings (SSSR count). The lowest BCUT2D eigenvalue weighted by Gasteiger charge is -2.36. The first-order chi connectivity index (χ1) is 9.69. The van der Waals surface area contributed by atoms with E-state index in [4.69, 9.17) is 10.5 Å². The van der Waals surface area contributed by atoms with Crippen molar-refractivity contribution in [2.75, 3.05) is 32.7 Å². The minimum absolute atomic E-state index is 0.0293. The van der Waals surface area contributed by atoms with Crippen LogP contribution in [-0.4, -0.2) is 66.5 Å². The van der Waals surface area contributed by atoms with Crippen LogP contribution >= 0.6 is 0 Å². The fourth-order valence-electron chi connectivity index (χ4n) is 3.00. The molecule has 3 fully saturated rings. The van der Waals surface area contributed by atoms with E-state index in [9.17, 15) is 9.59 Å². The predicted octanol–water partition coefficient (Wildman–Crippen LogP) is -0.426. The highest BCUT2D eigenvalue weighted by Gasteiger charge is 2.37. The summed E-state index contributed by atoms with van der Waals surface area (Å²) in [5.41, 5.74) is 5.57. The third-order valence-electron chi connectivity index (χ3n) is 4.48. The molecule has 2 unspecified atom stereocenters. The van der Waals surface area contributed by atoms with E-state index in [1.165, 1.54) is 0 Å². The summed E-state index contributed by atoms with van der Waals surface area (Å²) in [6, 6.07) is 0. The molecule has 0 aromatic carbocycles. The second-order valence-corrected chi connectivity index (χ2v) is 5.98. The maximum atomic E-state index is 12.3. The Labute approximate surface area is 119 Å². The fourth-order valence-corrected chi connectivity index (χ4v) is 3.00. The van der Waals surface area contributed by atoms with Gasteiger partial charge in [0.05, 0.1) is 6.10 Å². The van der Waals surface area contributed by atoms with Gasteiger partial charge in [0.15, 0.2) is 0 Å². The Bertz CT molecular complexity index is 389. The predicted molar refractivity (Wildman–Crippen MR) is 72.8 cm³/mol. The Balaban J connectivity index is 1.48. The van der Waals surface area contributed by atoms with Gasteiger partial charge in [-0.25, -0.2) is 0 Å². The van der Waals surface area contributed by atoms with E-state index in [0.717, 1.165) is 25.7 Å². The number of hydrogen-bond donors (Lipinski definition) is 1. The summed E-state index contributed by atoms with van der Waals surface area (Å²) >= 11 is 0. The van der Waals surface area contributed by atoms with Crippen LogP contribution in [0.1, 0.15) is 25.7 Å². The van der Waals surface area contributed by atoms with Crippen LogP contribution in [0.15, 0.2) is 0 Å². The van der Waals surface area contributed by atoms with Crippen LogP contribution in [0.5, 0.6) is 0 Å². The molecule has 1 aliphatic carbocycles. The van der Waals surface area contributed by atoms with Crippen LogP contribution in [0.25, 0.3) is 0 Å². The van der Waals surface area contributed by atoms with Crippen LogP contribution in [0, 0.1) is 5.92 Å². The Morgan fingerprint density at radius 2 is 1.55 bits per heavy atom. The maximum absolute atomic E-state index is 12.3. The normalized spacial score (nSPS) is 30.6. The summed E-state index contributed by atoms with van der Waals surface area (Å²) in [5.74, 6) is 0.609. The molecule has 0 radical (unpaired) electrons. The Morgan fingerprint density at radius 1 is 0.950 bits per heavy atom. The summed E-state index contributed by atoms with van der Waals surface area (Å²) in [5, 5.41) is 0. The highest BCUT2D eigenvalue weighted by Crippen LogP contribution is 2.31. The smallest absolute Gasteiger partial charge is 0.251 e. The number of hydrogen-bond acceptors (Lipinski definition) is 4. The van der Waals surface area contributed by atoms with Crippen molar-refractivity contribution in [2.24, 2.45) is 11.7 Å². The van der Waals surface area contributed by atoms with Gasteiger partial charge in [-0.15, -0.1) is 0 Å². The Kier molecular flexibility index (Phi) is 3.94. The molecule has 3 aliphatic rings. The Morgan fingerprint density at radius 3 is 2.05 bits per heavy atom. The van der Waals surface area contributed by atoms with Gasteiger partial charge >= 0.3 is 0 Å². The molecule has 0 bridgehead atoms. The molecule has 0 aromatic rings. The van der Waals surface area contributed by atoms with Crippen molar-refractivity contribution >= 4 is 11.8 Å². The molecular formula is C14H23N3O3. The van der Waals surface area contributed by atoms with Crippen LogP contribution in [-0.2, 0) is 14.3 Å². The molecule has 2 aliphatic heterocycles. The minimum atomic E-state index is -0.325. The highest BCUT2D eigenvalue weighted by atomic mass is 16.5. The van der Waals surface area contributed by atoms with Crippen molar-refractivity contribution in [3.8, 4) is 0 Å². The van der Waals surface area contributed by atoms with Crippen LogP contribution < -0.4 is 5.73 Å². The standard InChI is InChI=1S/C14H23N3O3/c15-9-11-3-4-12(20-11)14(19)17-7-5-16(6-8-17)13(18)10-1-2-10/h10-12H,1-9,15H2. The van der Waals surface area contributed by atoms with Crippen molar-refractivity contribution in [3.63, 3.8) is 0 Å². The molecular weight excluding hydrogens is 258 g/mol. The van der Waals surface area contributed by atoms with E-state index in [1.807, 2.05) is 9.80 Å². The quantitative estimate of drug-likeness (QED) is 0.762. The van der Waals surface area contributed by atoms with Crippen molar-refractivity contribution < 1.29 is 14.3 Å². The average Bonchev–Trinajstić information content (AvgIpc) is 3.23. The number of rotatable bonds is 3. The first kappa shape index (κ1) is 13.8. The first-order valence-corrected chi connectivity index (χ1v) is 7.62. The van der Waals surface area contributed by atoms with Gasteiger partial charge in [0.2, 0.25) is 5.91 Å². The SMILES string of the molecule is NCC1CCC(C(=O)N2CCN(C(=O)C3CC3)CC2)O1. The molecule has 20 heavy (non-hydrogen) atoms. The van der Waals surface area contributed by atoms with Gasteiger partial charge in [-0.1, -0.05) is 0 Å². The van der Waals surface area contributed by atoms with Gasteiger partial charge < -0.3 is 20.3 Å². The number of ether oxygens (including phenoxy) is 1. The maximum Gasteiger partial charge on any atom is 0.251 e. The second-order valence-electron chi connectivity index (χ2n) is 5.98. The molecule has 112 valence electrons. The molecule has 2 saturated heterocycles. The second kappa shape index (κ2) is 5.69. The number of carbonyl (C=O) groups excluding carboxylic acids is 2. The molecule has 2 amide bonds. The summed E-state index contributed by atoms with van der Waals surface area (Å²) in [7, 11) is 0. The highest BCUT2D eigenvalue weighted by molar-refractivity contribution is 5.83. The van der Waals surface area contributed by atoms with Gasteiger partial charge in [-0.2, -0.15) is 0 Å². The lowest BCUT2D eigenvalue weighted by Crippen LogP contribution is -2.53. The van der Waals surface area contributed by atoms with E-state index in [0.29, 0.717) is 32.7 Å². The molecule has 0 aromatic heterocycles.